The van der Waals surface area contributed by atoms with Crippen molar-refractivity contribution in [2.45, 2.75) is 18.2 Å². The summed E-state index contributed by atoms with van der Waals surface area (Å²) in [7, 11) is 2.72. The molecule has 0 aliphatic rings. The van der Waals surface area contributed by atoms with Gasteiger partial charge in [-0.3, -0.25) is 0 Å². The van der Waals surface area contributed by atoms with Crippen LogP contribution in [0.1, 0.15) is 6.42 Å². The second-order valence-electron chi connectivity index (χ2n) is 2.41. The van der Waals surface area contributed by atoms with Gasteiger partial charge in [0.1, 0.15) is 15.7 Å². The zero-order valence-corrected chi connectivity index (χ0v) is 4.99. The Morgan fingerprint density at radius 2 is 1.88 bits per heavy atom. The fourth-order valence-electron chi connectivity index (χ4n) is 0.378. The molecule has 0 aliphatic heterocycles. The minimum Gasteiger partial charge on any atom is -0.407 e. The van der Waals surface area contributed by atoms with Gasteiger partial charge >= 0.3 is 0 Å². The molecule has 0 spiro atoms. The van der Waals surface area contributed by atoms with Crippen LogP contribution in [0.15, 0.2) is 0 Å². The topological polar surface area (TPSA) is 20.2 Å². The third kappa shape index (κ3) is 5.95. The van der Waals surface area contributed by atoms with E-state index in [4.69, 9.17) is 5.11 Å². The minimum absolute atomic E-state index is 0.451. The SMILES string of the molecule is BC(B)(O)CC(F)F. The molecule has 0 amide bonds. The van der Waals surface area contributed by atoms with E-state index in [0.29, 0.717) is 0 Å². The Hall–Kier alpha value is -0.0501. The minimum atomic E-state index is -2.41. The van der Waals surface area contributed by atoms with Gasteiger partial charge in [0, 0.05) is 11.8 Å². The molecule has 1 N–H and O–H groups in total. The molecular weight excluding hydrogens is 112 g/mol. The van der Waals surface area contributed by atoms with Crippen LogP contribution >= 0.6 is 0 Å². The highest BCUT2D eigenvalue weighted by Gasteiger charge is 2.18. The summed E-state index contributed by atoms with van der Waals surface area (Å²) in [5.74, 6) is 0. The average Bonchev–Trinajstić information content (AvgIpc) is 1.21. The number of hydrogen-bond donors (Lipinski definition) is 1. The van der Waals surface area contributed by atoms with E-state index in [1.807, 2.05) is 0 Å². The monoisotopic (exact) mass is 120 g/mol. The van der Waals surface area contributed by atoms with Gasteiger partial charge in [0.15, 0.2) is 0 Å². The van der Waals surface area contributed by atoms with E-state index in [2.05, 4.69) is 0 Å². The number of aliphatic hydroxyl groups is 1. The molecule has 0 aromatic carbocycles. The highest BCUT2D eigenvalue weighted by atomic mass is 19.3. The van der Waals surface area contributed by atoms with Crippen LogP contribution in [0.3, 0.4) is 0 Å². The first-order valence-electron chi connectivity index (χ1n) is 2.42. The molecule has 46 valence electrons. The second-order valence-corrected chi connectivity index (χ2v) is 2.41. The van der Waals surface area contributed by atoms with E-state index in [1.165, 1.54) is 15.7 Å². The molecule has 0 aromatic heterocycles. The Balaban J connectivity index is 3.39. The number of hydrogen-bond acceptors (Lipinski definition) is 1. The average molecular weight is 120 g/mol. The summed E-state index contributed by atoms with van der Waals surface area (Å²) < 4.78 is 22.7. The Morgan fingerprint density at radius 1 is 1.50 bits per heavy atom. The third-order valence-corrected chi connectivity index (χ3v) is 0.654. The van der Waals surface area contributed by atoms with Crippen LogP contribution in [-0.2, 0) is 0 Å². The van der Waals surface area contributed by atoms with Crippen molar-refractivity contribution in [3.8, 4) is 0 Å². The molecular formula is C3H8B2F2O. The molecule has 0 saturated heterocycles. The van der Waals surface area contributed by atoms with Crippen LogP contribution in [0.4, 0.5) is 8.78 Å². The molecule has 0 heterocycles. The van der Waals surface area contributed by atoms with Crippen molar-refractivity contribution in [1.82, 2.24) is 0 Å². The molecule has 0 aromatic rings. The van der Waals surface area contributed by atoms with Gasteiger partial charge < -0.3 is 5.11 Å². The lowest BCUT2D eigenvalue weighted by molar-refractivity contribution is 0.0773. The van der Waals surface area contributed by atoms with Crippen LogP contribution in [-0.4, -0.2) is 32.6 Å². The van der Waals surface area contributed by atoms with Crippen molar-refractivity contribution in [3.05, 3.63) is 0 Å². The zero-order chi connectivity index (χ0) is 6.78. The van der Waals surface area contributed by atoms with E-state index >= 15 is 0 Å². The second kappa shape index (κ2) is 2.49. The van der Waals surface area contributed by atoms with Gasteiger partial charge in [-0.15, -0.1) is 0 Å². The molecule has 0 radical (unpaired) electrons. The predicted molar refractivity (Wildman–Crippen MR) is 32.7 cm³/mol. The van der Waals surface area contributed by atoms with Gasteiger partial charge in [0.2, 0.25) is 6.43 Å². The largest absolute Gasteiger partial charge is 0.407 e. The molecule has 0 bridgehead atoms. The first-order valence-corrected chi connectivity index (χ1v) is 2.42. The van der Waals surface area contributed by atoms with Crippen molar-refractivity contribution >= 4 is 15.7 Å². The number of halogens is 2. The molecule has 0 atom stereocenters. The van der Waals surface area contributed by atoms with Gasteiger partial charge in [0.05, 0.1) is 0 Å². The van der Waals surface area contributed by atoms with Crippen LogP contribution < -0.4 is 0 Å². The molecule has 8 heavy (non-hydrogen) atoms. The van der Waals surface area contributed by atoms with Gasteiger partial charge in [-0.1, -0.05) is 0 Å². The van der Waals surface area contributed by atoms with E-state index in [1.54, 1.807) is 0 Å². The molecule has 1 nitrogen and oxygen atoms in total. The summed E-state index contributed by atoms with van der Waals surface area (Å²) >= 11 is 0. The first-order chi connectivity index (χ1) is 3.42. The van der Waals surface area contributed by atoms with Gasteiger partial charge in [-0.25, -0.2) is 8.78 Å². The Morgan fingerprint density at radius 3 is 1.88 bits per heavy atom. The number of alkyl halides is 2. The lowest BCUT2D eigenvalue weighted by atomic mass is 9.64. The lowest BCUT2D eigenvalue weighted by Gasteiger charge is -2.14. The van der Waals surface area contributed by atoms with Crippen LogP contribution in [0.2, 0.25) is 0 Å². The molecule has 5 heteroatoms. The van der Waals surface area contributed by atoms with Gasteiger partial charge in [0.25, 0.3) is 0 Å². The standard InChI is InChI=1S/C3H8B2F2O/c4-3(5,8)1-2(6)7/h2,8H,1,4-5H2. The summed E-state index contributed by atoms with van der Waals surface area (Å²) in [6.45, 7) is 0. The fourth-order valence-corrected chi connectivity index (χ4v) is 0.378. The third-order valence-electron chi connectivity index (χ3n) is 0.654. The van der Waals surface area contributed by atoms with Crippen molar-refractivity contribution < 1.29 is 13.9 Å². The summed E-state index contributed by atoms with van der Waals surface area (Å²) in [6, 6.07) is 0. The van der Waals surface area contributed by atoms with E-state index < -0.39 is 18.2 Å². The maximum Gasteiger partial charge on any atom is 0.239 e. The molecule has 0 unspecified atom stereocenters. The highest BCUT2D eigenvalue weighted by molar-refractivity contribution is 6.38. The van der Waals surface area contributed by atoms with E-state index in [0.717, 1.165) is 0 Å². The summed E-state index contributed by atoms with van der Waals surface area (Å²) in [6.07, 6.45) is -2.86. The van der Waals surface area contributed by atoms with Gasteiger partial charge in [-0.2, -0.15) is 0 Å². The van der Waals surface area contributed by atoms with Crippen LogP contribution in [0.5, 0.6) is 0 Å². The lowest BCUT2D eigenvalue weighted by Crippen LogP contribution is -2.31. The van der Waals surface area contributed by atoms with E-state index in [9.17, 15) is 8.78 Å². The van der Waals surface area contributed by atoms with Gasteiger partial charge in [-0.05, 0) is 0 Å². The molecule has 0 aliphatic carbocycles. The van der Waals surface area contributed by atoms with Crippen LogP contribution in [0, 0.1) is 0 Å². The highest BCUT2D eigenvalue weighted by Crippen LogP contribution is 2.07. The van der Waals surface area contributed by atoms with Crippen molar-refractivity contribution in [3.63, 3.8) is 0 Å². The molecule has 0 rings (SSSR count). The Bertz CT molecular complexity index is 70.2. The maximum atomic E-state index is 11.4. The Kier molecular flexibility index (Phi) is 2.47. The normalized spacial score (nSPS) is 12.5. The summed E-state index contributed by atoms with van der Waals surface area (Å²) in [5, 5.41) is 7.48. The molecule has 0 saturated carbocycles. The fraction of sp³-hybridized carbons (Fsp3) is 1.00. The summed E-state index contributed by atoms with van der Waals surface area (Å²) in [4.78, 5) is 0. The maximum absolute atomic E-state index is 11.4. The van der Waals surface area contributed by atoms with Crippen molar-refractivity contribution in [2.24, 2.45) is 0 Å². The van der Waals surface area contributed by atoms with Crippen molar-refractivity contribution in [1.29, 1.82) is 0 Å². The quantitative estimate of drug-likeness (QED) is 0.442. The smallest absolute Gasteiger partial charge is 0.239 e. The van der Waals surface area contributed by atoms with Crippen molar-refractivity contribution in [2.75, 3.05) is 0 Å². The Labute approximate surface area is 48.9 Å². The van der Waals surface area contributed by atoms with Crippen LogP contribution in [0.25, 0.3) is 0 Å². The zero-order valence-electron chi connectivity index (χ0n) is 4.99. The molecule has 0 fully saturated rings. The summed E-state index contributed by atoms with van der Waals surface area (Å²) in [5.41, 5.74) is 0. The number of rotatable bonds is 2. The first kappa shape index (κ1) is 7.95. The predicted octanol–water partition coefficient (Wildman–Crippen LogP) is -1.45. The van der Waals surface area contributed by atoms with E-state index in [-0.39, 0.29) is 0 Å².